The number of carboxylic acid groups (broad SMARTS) is 1. The lowest BCUT2D eigenvalue weighted by Crippen LogP contribution is -2.64. The van der Waals surface area contributed by atoms with Gasteiger partial charge in [0.25, 0.3) is 6.47 Å². The summed E-state index contributed by atoms with van der Waals surface area (Å²) < 4.78 is 5.23. The summed E-state index contributed by atoms with van der Waals surface area (Å²) in [4.78, 5) is 27.8. The first-order chi connectivity index (χ1) is 15.4. The van der Waals surface area contributed by atoms with Crippen LogP contribution in [0.3, 0.4) is 0 Å². The summed E-state index contributed by atoms with van der Waals surface area (Å²) in [5.74, 6) is 0.614. The molecule has 1 aromatic heterocycles. The van der Waals surface area contributed by atoms with Crippen LogP contribution in [0.15, 0.2) is 40.9 Å². The topological polar surface area (TPSA) is 110 Å². The van der Waals surface area contributed by atoms with Crippen molar-refractivity contribution in [2.75, 3.05) is 46.3 Å². The van der Waals surface area contributed by atoms with Gasteiger partial charge in [-0.2, -0.15) is 0 Å². The third kappa shape index (κ3) is 5.53. The lowest BCUT2D eigenvalue weighted by atomic mass is 9.79. The van der Waals surface area contributed by atoms with Gasteiger partial charge in [0, 0.05) is 45.3 Å². The summed E-state index contributed by atoms with van der Waals surface area (Å²) in [5, 5.41) is 22.6. The second-order valence-corrected chi connectivity index (χ2v) is 8.45. The molecule has 4 rings (SSSR count). The van der Waals surface area contributed by atoms with E-state index < -0.39 is 5.60 Å². The second-order valence-electron chi connectivity index (χ2n) is 8.45. The molecule has 9 nitrogen and oxygen atoms in total. The van der Waals surface area contributed by atoms with Gasteiger partial charge in [-0.1, -0.05) is 35.5 Å². The van der Waals surface area contributed by atoms with Gasteiger partial charge < -0.3 is 24.5 Å². The summed E-state index contributed by atoms with van der Waals surface area (Å²) in [7, 11) is 2.12. The van der Waals surface area contributed by atoms with Crippen LogP contribution in [-0.2, 0) is 21.6 Å². The van der Waals surface area contributed by atoms with Crippen LogP contribution in [-0.4, -0.2) is 94.8 Å². The molecular weight excluding hydrogens is 412 g/mol. The van der Waals surface area contributed by atoms with Crippen LogP contribution in [0.4, 0.5) is 0 Å². The minimum absolute atomic E-state index is 0.0235. The number of aliphatic hydroxyl groups is 1. The standard InChI is InChI=1S/C22H30N4O3.CH2O2/c1-17-14-19(29-23-17)15-21(27)26-9-8-22(28,18-6-4-3-5-7-18)20(16-26)25-12-10-24(2)11-13-25;2-1-3/h3-7,14,20,28H,8-13,15-16H2,1-2H3;1H,(H,2,3)/t20-,22+;/m1./s1. The first-order valence-corrected chi connectivity index (χ1v) is 10.9. The highest BCUT2D eigenvalue weighted by atomic mass is 16.5. The van der Waals surface area contributed by atoms with E-state index in [9.17, 15) is 9.90 Å². The molecule has 3 heterocycles. The molecule has 1 aromatic carbocycles. The lowest BCUT2D eigenvalue weighted by molar-refractivity contribution is -0.145. The number of likely N-dealkylation sites (N-methyl/N-ethyl adjacent to an activating group) is 1. The molecule has 2 saturated heterocycles. The van der Waals surface area contributed by atoms with E-state index in [0.29, 0.717) is 25.3 Å². The molecule has 2 aliphatic rings. The average molecular weight is 445 g/mol. The van der Waals surface area contributed by atoms with Gasteiger partial charge in [-0.05, 0) is 26.0 Å². The predicted octanol–water partition coefficient (Wildman–Crippen LogP) is 0.962. The van der Waals surface area contributed by atoms with Crippen LogP contribution in [0.1, 0.15) is 23.4 Å². The van der Waals surface area contributed by atoms with E-state index in [1.54, 1.807) is 6.07 Å². The molecule has 32 heavy (non-hydrogen) atoms. The first kappa shape index (κ1) is 23.9. The Morgan fingerprint density at radius 3 is 2.47 bits per heavy atom. The fourth-order valence-corrected chi connectivity index (χ4v) is 4.52. The molecule has 0 radical (unpaired) electrons. The number of carbonyl (C=O) groups is 2. The van der Waals surface area contributed by atoms with E-state index >= 15 is 0 Å². The number of likely N-dealkylation sites (tertiary alicyclic amines) is 1. The summed E-state index contributed by atoms with van der Waals surface area (Å²) >= 11 is 0. The number of piperazine rings is 1. The Morgan fingerprint density at radius 2 is 1.88 bits per heavy atom. The monoisotopic (exact) mass is 444 g/mol. The maximum Gasteiger partial charge on any atom is 0.290 e. The van der Waals surface area contributed by atoms with Gasteiger partial charge in [0.2, 0.25) is 5.91 Å². The molecule has 2 fully saturated rings. The summed E-state index contributed by atoms with van der Waals surface area (Å²) in [5.41, 5.74) is 0.749. The van der Waals surface area contributed by atoms with Gasteiger partial charge in [-0.15, -0.1) is 0 Å². The van der Waals surface area contributed by atoms with E-state index in [1.165, 1.54) is 0 Å². The number of piperidine rings is 1. The number of aryl methyl sites for hydroxylation is 1. The summed E-state index contributed by atoms with van der Waals surface area (Å²) in [6.07, 6.45) is 0.731. The number of benzene rings is 1. The molecule has 2 N–H and O–H groups in total. The summed E-state index contributed by atoms with van der Waals surface area (Å²) in [6, 6.07) is 11.6. The van der Waals surface area contributed by atoms with E-state index in [4.69, 9.17) is 14.4 Å². The molecule has 2 aliphatic heterocycles. The molecule has 0 aliphatic carbocycles. The average Bonchev–Trinajstić information content (AvgIpc) is 3.20. The SMILES string of the molecule is Cc1cc(CC(=O)N2CC[C@](O)(c3ccccc3)[C@H](N3CCN(C)CC3)C2)on1.O=CO. The van der Waals surface area contributed by atoms with Crippen LogP contribution >= 0.6 is 0 Å². The zero-order chi connectivity index (χ0) is 23.1. The quantitative estimate of drug-likeness (QED) is 0.671. The summed E-state index contributed by atoms with van der Waals surface area (Å²) in [6.45, 7) is 6.35. The third-order valence-corrected chi connectivity index (χ3v) is 6.31. The molecule has 0 spiro atoms. The Hall–Kier alpha value is -2.75. The number of nitrogens with zero attached hydrogens (tertiary/aromatic N) is 4. The maximum absolute atomic E-state index is 12.9. The normalized spacial score (nSPS) is 24.5. The fourth-order valence-electron chi connectivity index (χ4n) is 4.52. The van der Waals surface area contributed by atoms with Gasteiger partial charge in [0.05, 0.1) is 18.2 Å². The maximum atomic E-state index is 12.9. The van der Waals surface area contributed by atoms with Crippen molar-refractivity contribution in [3.8, 4) is 0 Å². The highest BCUT2D eigenvalue weighted by Crippen LogP contribution is 2.36. The van der Waals surface area contributed by atoms with Crippen LogP contribution in [0, 0.1) is 6.92 Å². The highest BCUT2D eigenvalue weighted by Gasteiger charge is 2.47. The zero-order valence-corrected chi connectivity index (χ0v) is 18.7. The van der Waals surface area contributed by atoms with Crippen molar-refractivity contribution in [2.45, 2.75) is 31.4 Å². The number of amides is 1. The van der Waals surface area contributed by atoms with E-state index in [2.05, 4.69) is 22.0 Å². The molecule has 174 valence electrons. The number of aromatic nitrogens is 1. The fraction of sp³-hybridized carbons (Fsp3) is 0.522. The Bertz CT molecular complexity index is 882. The highest BCUT2D eigenvalue weighted by molar-refractivity contribution is 5.78. The van der Waals surface area contributed by atoms with E-state index in [-0.39, 0.29) is 24.8 Å². The predicted molar refractivity (Wildman–Crippen MR) is 118 cm³/mol. The van der Waals surface area contributed by atoms with Crippen LogP contribution in [0.25, 0.3) is 0 Å². The molecule has 0 unspecified atom stereocenters. The lowest BCUT2D eigenvalue weighted by Gasteiger charge is -2.51. The molecule has 0 saturated carbocycles. The first-order valence-electron chi connectivity index (χ1n) is 10.9. The van der Waals surface area contributed by atoms with Crippen molar-refractivity contribution in [2.24, 2.45) is 0 Å². The van der Waals surface area contributed by atoms with Crippen molar-refractivity contribution < 1.29 is 24.3 Å². The largest absolute Gasteiger partial charge is 0.483 e. The Balaban J connectivity index is 0.000000913. The third-order valence-electron chi connectivity index (χ3n) is 6.31. The number of hydrogen-bond acceptors (Lipinski definition) is 7. The molecular formula is C23H32N4O5. The second kappa shape index (κ2) is 10.7. The van der Waals surface area contributed by atoms with Gasteiger partial charge in [-0.25, -0.2) is 0 Å². The van der Waals surface area contributed by atoms with Gasteiger partial charge >= 0.3 is 0 Å². The van der Waals surface area contributed by atoms with E-state index in [1.807, 2.05) is 42.2 Å². The Labute approximate surface area is 188 Å². The Morgan fingerprint density at radius 1 is 1.22 bits per heavy atom. The smallest absolute Gasteiger partial charge is 0.290 e. The van der Waals surface area contributed by atoms with Crippen molar-refractivity contribution in [3.63, 3.8) is 0 Å². The molecule has 2 atom stereocenters. The van der Waals surface area contributed by atoms with Crippen molar-refractivity contribution in [1.82, 2.24) is 19.9 Å². The number of rotatable bonds is 4. The molecule has 9 heteroatoms. The zero-order valence-electron chi connectivity index (χ0n) is 18.7. The van der Waals surface area contributed by atoms with Crippen LogP contribution < -0.4 is 0 Å². The Kier molecular flexibility index (Phi) is 8.00. The molecule has 2 aromatic rings. The minimum atomic E-state index is -0.962. The minimum Gasteiger partial charge on any atom is -0.483 e. The van der Waals surface area contributed by atoms with E-state index in [0.717, 1.165) is 37.4 Å². The van der Waals surface area contributed by atoms with Crippen molar-refractivity contribution >= 4 is 12.4 Å². The van der Waals surface area contributed by atoms with Crippen LogP contribution in [0.2, 0.25) is 0 Å². The van der Waals surface area contributed by atoms with Gasteiger partial charge in [0.15, 0.2) is 0 Å². The number of carbonyl (C=O) groups excluding carboxylic acids is 1. The van der Waals surface area contributed by atoms with Gasteiger partial charge in [0.1, 0.15) is 11.4 Å². The van der Waals surface area contributed by atoms with Crippen molar-refractivity contribution in [1.29, 1.82) is 0 Å². The van der Waals surface area contributed by atoms with Crippen LogP contribution in [0.5, 0.6) is 0 Å². The van der Waals surface area contributed by atoms with Gasteiger partial charge in [-0.3, -0.25) is 14.5 Å². The van der Waals surface area contributed by atoms with Crippen molar-refractivity contribution in [3.05, 3.63) is 53.4 Å². The molecule has 1 amide bonds. The molecule has 0 bridgehead atoms. The number of hydrogen-bond donors (Lipinski definition) is 2.